The third kappa shape index (κ3) is 5.40. The van der Waals surface area contributed by atoms with Crippen LogP contribution in [0.3, 0.4) is 0 Å². The fraction of sp³-hybridized carbons (Fsp3) is 0.893. The molecule has 198 valence electrons. The van der Waals surface area contributed by atoms with E-state index in [1.54, 1.807) is 0 Å². The highest BCUT2D eigenvalue weighted by Crippen LogP contribution is 2.64. The molecule has 4 rings (SSSR count). The molecule has 7 heteroatoms. The summed E-state index contributed by atoms with van der Waals surface area (Å²) in [6.07, 6.45) is 9.49. The summed E-state index contributed by atoms with van der Waals surface area (Å²) in [5.41, 5.74) is 0.200. The molecule has 0 aliphatic heterocycles. The van der Waals surface area contributed by atoms with Crippen LogP contribution in [0.1, 0.15) is 90.9 Å². The molecule has 0 heterocycles. The Labute approximate surface area is 209 Å². The van der Waals surface area contributed by atoms with Crippen LogP contribution in [-0.4, -0.2) is 47.3 Å². The summed E-state index contributed by atoms with van der Waals surface area (Å²) in [4.78, 5) is 34.6. The summed E-state index contributed by atoms with van der Waals surface area (Å²) in [5, 5.41) is 23.4. The summed E-state index contributed by atoms with van der Waals surface area (Å²) < 4.78 is 4.85. The van der Waals surface area contributed by atoms with Crippen LogP contribution in [0.25, 0.3) is 0 Å². The molecule has 4 saturated carbocycles. The van der Waals surface area contributed by atoms with Crippen LogP contribution in [0.2, 0.25) is 0 Å². The molecule has 4 aliphatic rings. The monoisotopic (exact) mass is 491 g/mol. The molecule has 35 heavy (non-hydrogen) atoms. The number of carboxylic acids is 1. The second kappa shape index (κ2) is 10.8. The lowest BCUT2D eigenvalue weighted by molar-refractivity contribution is -0.151. The van der Waals surface area contributed by atoms with E-state index >= 15 is 0 Å². The Bertz CT molecular complexity index is 800. The number of aliphatic hydroxyl groups is 1. The standard InChI is InChI=1S/C28H45NO6/c1-16(4-11-26(34)35-3)19-5-6-21-20(19)7-8-22-27(21)23(30)15-17-14-18(12-13-28(17,22)2)29-24(31)9-10-25(32)33/h16-23,27,30H,4-15H2,1-3H3,(H,29,31)(H,32,33)/t16-,17?,18-,19?,20?,21-,22+,23?,27?,28?/m1/s1. The van der Waals surface area contributed by atoms with Gasteiger partial charge in [-0.2, -0.15) is 0 Å². The molecule has 6 unspecified atom stereocenters. The van der Waals surface area contributed by atoms with Gasteiger partial charge in [0.2, 0.25) is 5.91 Å². The average molecular weight is 492 g/mol. The Morgan fingerprint density at radius 3 is 2.49 bits per heavy atom. The smallest absolute Gasteiger partial charge is 0.305 e. The quantitative estimate of drug-likeness (QED) is 0.439. The summed E-state index contributed by atoms with van der Waals surface area (Å²) in [7, 11) is 1.46. The van der Waals surface area contributed by atoms with Crippen molar-refractivity contribution in [2.45, 2.75) is 103 Å². The van der Waals surface area contributed by atoms with Gasteiger partial charge in [-0.15, -0.1) is 0 Å². The largest absolute Gasteiger partial charge is 0.481 e. The maximum atomic E-state index is 12.2. The minimum absolute atomic E-state index is 0.0311. The van der Waals surface area contributed by atoms with Crippen molar-refractivity contribution in [3.8, 4) is 0 Å². The van der Waals surface area contributed by atoms with Crippen molar-refractivity contribution in [2.24, 2.45) is 46.8 Å². The van der Waals surface area contributed by atoms with Gasteiger partial charge in [-0.1, -0.05) is 13.8 Å². The fourth-order valence-corrected chi connectivity index (χ4v) is 8.96. The van der Waals surface area contributed by atoms with Gasteiger partial charge in [-0.3, -0.25) is 14.4 Å². The molecule has 0 bridgehead atoms. The van der Waals surface area contributed by atoms with Crippen molar-refractivity contribution in [3.05, 3.63) is 0 Å². The minimum atomic E-state index is -0.944. The molecule has 0 aromatic rings. The molecule has 7 nitrogen and oxygen atoms in total. The van der Waals surface area contributed by atoms with Crippen LogP contribution in [0, 0.1) is 46.8 Å². The molecule has 4 fully saturated rings. The number of carbonyl (C=O) groups is 3. The van der Waals surface area contributed by atoms with E-state index in [0.29, 0.717) is 47.8 Å². The number of amides is 1. The highest BCUT2D eigenvalue weighted by Gasteiger charge is 2.59. The number of ether oxygens (including phenoxy) is 1. The first kappa shape index (κ1) is 26.4. The first-order chi connectivity index (χ1) is 16.6. The molecule has 0 aromatic heterocycles. The molecule has 1 amide bonds. The summed E-state index contributed by atoms with van der Waals surface area (Å²) >= 11 is 0. The van der Waals surface area contributed by atoms with Crippen LogP contribution >= 0.6 is 0 Å². The molecular formula is C28H45NO6. The lowest BCUT2D eigenvalue weighted by Gasteiger charge is -2.60. The highest BCUT2D eigenvalue weighted by atomic mass is 16.5. The number of aliphatic carboxylic acids is 1. The maximum absolute atomic E-state index is 12.2. The molecular weight excluding hydrogens is 446 g/mol. The number of fused-ring (bicyclic) bond motifs is 5. The molecule has 3 N–H and O–H groups in total. The molecule has 4 aliphatic carbocycles. The van der Waals surface area contributed by atoms with Gasteiger partial charge >= 0.3 is 11.9 Å². The number of nitrogens with one attached hydrogen (secondary N) is 1. The van der Waals surface area contributed by atoms with Crippen LogP contribution in [-0.2, 0) is 19.1 Å². The van der Waals surface area contributed by atoms with Crippen LogP contribution in [0.4, 0.5) is 0 Å². The highest BCUT2D eigenvalue weighted by molar-refractivity contribution is 5.80. The van der Waals surface area contributed by atoms with Crippen molar-refractivity contribution < 1.29 is 29.3 Å². The number of carboxylic acid groups (broad SMARTS) is 1. The Morgan fingerprint density at radius 2 is 1.77 bits per heavy atom. The topological polar surface area (TPSA) is 113 Å². The predicted molar refractivity (Wildman–Crippen MR) is 131 cm³/mol. The number of methoxy groups -OCH3 is 1. The Balaban J connectivity index is 1.38. The van der Waals surface area contributed by atoms with Gasteiger partial charge in [0.05, 0.1) is 19.6 Å². The van der Waals surface area contributed by atoms with Crippen LogP contribution < -0.4 is 5.32 Å². The summed E-state index contributed by atoms with van der Waals surface area (Å²) in [5.74, 6) is 2.44. The number of hydrogen-bond acceptors (Lipinski definition) is 5. The van der Waals surface area contributed by atoms with Crippen molar-refractivity contribution in [2.75, 3.05) is 7.11 Å². The summed E-state index contributed by atoms with van der Waals surface area (Å²) in [6, 6.07) is 0.0842. The minimum Gasteiger partial charge on any atom is -0.481 e. The second-order valence-electron chi connectivity index (χ2n) is 12.4. The third-order valence-corrected chi connectivity index (χ3v) is 10.7. The molecule has 0 aromatic carbocycles. The van der Waals surface area contributed by atoms with Gasteiger partial charge in [0, 0.05) is 18.9 Å². The zero-order chi connectivity index (χ0) is 25.3. The van der Waals surface area contributed by atoms with Crippen LogP contribution in [0.5, 0.6) is 0 Å². The van der Waals surface area contributed by atoms with Gasteiger partial charge in [-0.25, -0.2) is 0 Å². The summed E-state index contributed by atoms with van der Waals surface area (Å²) in [6.45, 7) is 4.73. The number of aliphatic hydroxyl groups excluding tert-OH is 1. The van der Waals surface area contributed by atoms with E-state index in [1.165, 1.54) is 32.8 Å². The van der Waals surface area contributed by atoms with Crippen molar-refractivity contribution in [3.63, 3.8) is 0 Å². The Hall–Kier alpha value is -1.63. The second-order valence-corrected chi connectivity index (χ2v) is 12.4. The molecule has 0 saturated heterocycles. The SMILES string of the molecule is COC(=O)CC[C@@H](C)C1CC[C@@H]2C1CC[C@H]1C2C(O)CC2C[C@H](NC(=O)CCC(=O)O)CCC21C. The Kier molecular flexibility index (Phi) is 8.14. The van der Waals surface area contributed by atoms with E-state index in [2.05, 4.69) is 19.2 Å². The van der Waals surface area contributed by atoms with E-state index in [-0.39, 0.29) is 42.3 Å². The van der Waals surface area contributed by atoms with Gasteiger partial charge < -0.3 is 20.3 Å². The lowest BCUT2D eigenvalue weighted by Crippen LogP contribution is -2.58. The third-order valence-electron chi connectivity index (χ3n) is 10.7. The van der Waals surface area contributed by atoms with Crippen molar-refractivity contribution >= 4 is 17.8 Å². The maximum Gasteiger partial charge on any atom is 0.305 e. The normalized spacial score (nSPS) is 41.1. The van der Waals surface area contributed by atoms with Crippen molar-refractivity contribution in [1.82, 2.24) is 5.32 Å². The molecule has 10 atom stereocenters. The first-order valence-corrected chi connectivity index (χ1v) is 13.9. The average Bonchev–Trinajstić information content (AvgIpc) is 3.26. The van der Waals surface area contributed by atoms with Crippen molar-refractivity contribution in [1.29, 1.82) is 0 Å². The number of hydrogen-bond donors (Lipinski definition) is 3. The van der Waals surface area contributed by atoms with E-state index in [1.807, 2.05) is 0 Å². The zero-order valence-electron chi connectivity index (χ0n) is 21.7. The van der Waals surface area contributed by atoms with Gasteiger partial charge in [0.1, 0.15) is 0 Å². The number of carbonyl (C=O) groups excluding carboxylic acids is 2. The Morgan fingerprint density at radius 1 is 1.03 bits per heavy atom. The van der Waals surface area contributed by atoms with Gasteiger partial charge in [0.15, 0.2) is 0 Å². The van der Waals surface area contributed by atoms with E-state index < -0.39 is 5.97 Å². The molecule has 0 radical (unpaired) electrons. The zero-order valence-corrected chi connectivity index (χ0v) is 21.7. The van der Waals surface area contributed by atoms with E-state index in [9.17, 15) is 19.5 Å². The van der Waals surface area contributed by atoms with Crippen LogP contribution in [0.15, 0.2) is 0 Å². The van der Waals surface area contributed by atoms with Gasteiger partial charge in [-0.05, 0) is 105 Å². The molecule has 0 spiro atoms. The fourth-order valence-electron chi connectivity index (χ4n) is 8.96. The number of rotatable bonds is 8. The lowest BCUT2D eigenvalue weighted by atomic mass is 9.46. The first-order valence-electron chi connectivity index (χ1n) is 13.9. The predicted octanol–water partition coefficient (Wildman–Crippen LogP) is 4.16. The van der Waals surface area contributed by atoms with E-state index in [0.717, 1.165) is 32.1 Å². The van der Waals surface area contributed by atoms with Gasteiger partial charge in [0.25, 0.3) is 0 Å². The van der Waals surface area contributed by atoms with E-state index in [4.69, 9.17) is 9.84 Å². The number of esters is 1.